The Hall–Kier alpha value is -2.00. The second kappa shape index (κ2) is 13.0. The molecule has 2 aromatic carbocycles. The molecule has 3 aromatic rings. The number of fused-ring (bicyclic) bond motifs is 1. The van der Waals surface area contributed by atoms with Gasteiger partial charge in [-0.2, -0.15) is 0 Å². The summed E-state index contributed by atoms with van der Waals surface area (Å²) in [5, 5.41) is 11.4. The summed E-state index contributed by atoms with van der Waals surface area (Å²) in [7, 11) is 1.98. The molecule has 0 saturated carbocycles. The first kappa shape index (κ1) is 27.0. The van der Waals surface area contributed by atoms with Crippen LogP contribution in [0, 0.1) is 0 Å². The van der Waals surface area contributed by atoms with Crippen LogP contribution in [0.15, 0.2) is 51.8 Å². The van der Waals surface area contributed by atoms with Gasteiger partial charge in [-0.1, -0.05) is 31.0 Å². The van der Waals surface area contributed by atoms with Gasteiger partial charge in [-0.05, 0) is 73.1 Å². The van der Waals surface area contributed by atoms with Crippen LogP contribution in [-0.2, 0) is 17.5 Å². The Balaban J connectivity index is 1.56. The zero-order valence-electron chi connectivity index (χ0n) is 21.0. The van der Waals surface area contributed by atoms with E-state index in [1.54, 1.807) is 11.8 Å². The van der Waals surface area contributed by atoms with Crippen LogP contribution in [0.25, 0.3) is 10.9 Å². The van der Waals surface area contributed by atoms with Gasteiger partial charge in [0.1, 0.15) is 18.5 Å². The molecule has 0 spiro atoms. The van der Waals surface area contributed by atoms with Crippen molar-refractivity contribution in [2.75, 3.05) is 32.8 Å². The van der Waals surface area contributed by atoms with Gasteiger partial charge in [-0.3, -0.25) is 0 Å². The summed E-state index contributed by atoms with van der Waals surface area (Å²) in [6, 6.07) is 14.0. The number of thioether (sulfide) groups is 1. The number of aliphatic hydroxyl groups excluding tert-OH is 1. The third kappa shape index (κ3) is 6.65. The van der Waals surface area contributed by atoms with Gasteiger partial charge in [0.2, 0.25) is 0 Å². The van der Waals surface area contributed by atoms with E-state index in [0.29, 0.717) is 30.2 Å². The molecule has 1 fully saturated rings. The lowest BCUT2D eigenvalue weighted by Gasteiger charge is -2.23. The average molecular weight is 576 g/mol. The quantitative estimate of drug-likeness (QED) is 0.236. The second-order valence-electron chi connectivity index (χ2n) is 9.18. The SMILES string of the molecule is CCOC(=O)c1c(CSc2ccccc2)n(C)c2cc(Br)c(OC[C@H](O)CN3CCCCCC3)cc12. The smallest absolute Gasteiger partial charge is 0.340 e. The molecule has 36 heavy (non-hydrogen) atoms. The highest BCUT2D eigenvalue weighted by atomic mass is 79.9. The molecule has 1 aliphatic rings. The van der Waals surface area contributed by atoms with Crippen LogP contribution >= 0.6 is 27.7 Å². The Kier molecular flexibility index (Phi) is 9.76. The van der Waals surface area contributed by atoms with Crippen LogP contribution in [0.5, 0.6) is 5.75 Å². The number of carbonyl (C=O) groups excluding carboxylic acids is 1. The summed E-state index contributed by atoms with van der Waals surface area (Å²) in [4.78, 5) is 16.5. The van der Waals surface area contributed by atoms with Gasteiger partial charge in [-0.25, -0.2) is 4.79 Å². The fraction of sp³-hybridized carbons (Fsp3) is 0.464. The molecule has 1 aliphatic heterocycles. The van der Waals surface area contributed by atoms with Crippen LogP contribution < -0.4 is 4.74 Å². The standard InChI is InChI=1S/C28H35BrN2O4S/c1-3-34-28(33)27-22-15-26(35-18-20(32)17-31-13-9-4-5-10-14-31)23(29)16-24(22)30(2)25(27)19-36-21-11-7-6-8-12-21/h6-8,11-12,15-16,20,32H,3-5,9-10,13-14,17-19H2,1-2H3/t20-/m1/s1. The number of likely N-dealkylation sites (tertiary alicyclic amines) is 1. The van der Waals surface area contributed by atoms with Gasteiger partial charge in [0.25, 0.3) is 0 Å². The molecule has 1 atom stereocenters. The lowest BCUT2D eigenvalue weighted by Crippen LogP contribution is -2.36. The minimum atomic E-state index is -0.580. The third-order valence-corrected chi connectivity index (χ3v) is 8.21. The highest BCUT2D eigenvalue weighted by Crippen LogP contribution is 2.37. The molecule has 1 aromatic heterocycles. The molecule has 1 saturated heterocycles. The van der Waals surface area contributed by atoms with Crippen LogP contribution in [-0.4, -0.2) is 59.5 Å². The fourth-order valence-corrected chi connectivity index (χ4v) is 6.16. The van der Waals surface area contributed by atoms with Crippen LogP contribution in [0.3, 0.4) is 0 Å². The van der Waals surface area contributed by atoms with Crippen molar-refractivity contribution >= 4 is 44.6 Å². The number of aromatic nitrogens is 1. The van der Waals surface area contributed by atoms with Crippen molar-refractivity contribution in [3.05, 3.63) is 58.2 Å². The lowest BCUT2D eigenvalue weighted by molar-refractivity contribution is 0.0527. The van der Waals surface area contributed by atoms with Gasteiger partial charge < -0.3 is 24.0 Å². The maximum Gasteiger partial charge on any atom is 0.340 e. The number of aliphatic hydroxyl groups is 1. The van der Waals surface area contributed by atoms with Gasteiger partial charge in [0, 0.05) is 35.3 Å². The topological polar surface area (TPSA) is 63.9 Å². The van der Waals surface area contributed by atoms with E-state index in [2.05, 4.69) is 37.5 Å². The molecule has 194 valence electrons. The van der Waals surface area contributed by atoms with E-state index >= 15 is 0 Å². The van der Waals surface area contributed by atoms with E-state index < -0.39 is 6.10 Å². The van der Waals surface area contributed by atoms with Gasteiger partial charge in [0.05, 0.1) is 22.2 Å². The monoisotopic (exact) mass is 574 g/mol. The third-order valence-electron chi connectivity index (χ3n) is 6.57. The van der Waals surface area contributed by atoms with E-state index in [0.717, 1.165) is 39.1 Å². The van der Waals surface area contributed by atoms with Crippen LogP contribution in [0.1, 0.15) is 48.7 Å². The van der Waals surface area contributed by atoms with Crippen molar-refractivity contribution in [3.8, 4) is 5.75 Å². The van der Waals surface area contributed by atoms with Gasteiger partial charge in [0.15, 0.2) is 0 Å². The van der Waals surface area contributed by atoms with Crippen molar-refractivity contribution in [3.63, 3.8) is 0 Å². The Morgan fingerprint density at radius 3 is 2.56 bits per heavy atom. The average Bonchev–Trinajstić information content (AvgIpc) is 3.01. The largest absolute Gasteiger partial charge is 0.490 e. The maximum absolute atomic E-state index is 13.1. The Labute approximate surface area is 226 Å². The van der Waals surface area contributed by atoms with E-state index in [1.807, 2.05) is 44.3 Å². The molecule has 4 rings (SSSR count). The molecule has 6 nitrogen and oxygen atoms in total. The molecular weight excluding hydrogens is 540 g/mol. The molecule has 0 radical (unpaired) electrons. The zero-order valence-corrected chi connectivity index (χ0v) is 23.4. The maximum atomic E-state index is 13.1. The summed E-state index contributed by atoms with van der Waals surface area (Å²) in [5.41, 5.74) is 2.40. The van der Waals surface area contributed by atoms with Crippen LogP contribution in [0.2, 0.25) is 0 Å². The minimum Gasteiger partial charge on any atom is -0.490 e. The molecule has 1 N–H and O–H groups in total. The first-order valence-corrected chi connectivity index (χ1v) is 14.4. The number of halogens is 1. The molecule has 0 bridgehead atoms. The highest BCUT2D eigenvalue weighted by Gasteiger charge is 2.24. The number of rotatable bonds is 10. The molecule has 0 unspecified atom stereocenters. The van der Waals surface area contributed by atoms with Crippen molar-refractivity contribution < 1.29 is 19.4 Å². The van der Waals surface area contributed by atoms with E-state index in [1.165, 1.54) is 25.7 Å². The fourth-order valence-electron chi connectivity index (χ4n) is 4.72. The van der Waals surface area contributed by atoms with E-state index in [-0.39, 0.29) is 12.6 Å². The van der Waals surface area contributed by atoms with Gasteiger partial charge in [-0.15, -0.1) is 11.8 Å². The second-order valence-corrected chi connectivity index (χ2v) is 11.1. The summed E-state index contributed by atoms with van der Waals surface area (Å²) in [6.07, 6.45) is 4.32. The molecule has 8 heteroatoms. The van der Waals surface area contributed by atoms with Crippen molar-refractivity contribution in [1.29, 1.82) is 0 Å². The molecular formula is C28H35BrN2O4S. The van der Waals surface area contributed by atoms with Gasteiger partial charge >= 0.3 is 5.97 Å². The number of nitrogens with zero attached hydrogens (tertiary/aromatic N) is 2. The predicted octanol–water partition coefficient (Wildman–Crippen LogP) is 6.03. The molecule has 0 amide bonds. The summed E-state index contributed by atoms with van der Waals surface area (Å²) in [5.74, 6) is 0.906. The number of ether oxygens (including phenoxy) is 2. The summed E-state index contributed by atoms with van der Waals surface area (Å²) < 4.78 is 14.4. The minimum absolute atomic E-state index is 0.193. The Bertz CT molecular complexity index is 1160. The summed E-state index contributed by atoms with van der Waals surface area (Å²) >= 11 is 5.32. The summed E-state index contributed by atoms with van der Waals surface area (Å²) in [6.45, 7) is 4.99. The number of carbonyl (C=O) groups is 1. The lowest BCUT2D eigenvalue weighted by atomic mass is 10.1. The first-order valence-electron chi connectivity index (χ1n) is 12.7. The molecule has 0 aliphatic carbocycles. The van der Waals surface area contributed by atoms with E-state index in [9.17, 15) is 9.90 Å². The van der Waals surface area contributed by atoms with Crippen molar-refractivity contribution in [1.82, 2.24) is 9.47 Å². The Morgan fingerprint density at radius 2 is 1.86 bits per heavy atom. The van der Waals surface area contributed by atoms with Crippen molar-refractivity contribution in [2.24, 2.45) is 7.05 Å². The van der Waals surface area contributed by atoms with E-state index in [4.69, 9.17) is 9.47 Å². The number of β-amino-alcohol motifs (C(OH)–C–C–N with tert-alkyl or cyclic N) is 1. The number of hydrogen-bond donors (Lipinski definition) is 1. The van der Waals surface area contributed by atoms with Crippen molar-refractivity contribution in [2.45, 2.75) is 49.4 Å². The zero-order chi connectivity index (χ0) is 25.5. The number of esters is 1. The first-order chi connectivity index (χ1) is 17.5. The number of hydrogen-bond acceptors (Lipinski definition) is 6. The normalized spacial score (nSPS) is 15.6. The highest BCUT2D eigenvalue weighted by molar-refractivity contribution is 9.10. The Morgan fingerprint density at radius 1 is 1.14 bits per heavy atom. The number of aryl methyl sites for hydroxylation is 1. The number of benzene rings is 2. The molecule has 2 heterocycles. The predicted molar refractivity (Wildman–Crippen MR) is 149 cm³/mol. The van der Waals surface area contributed by atoms with Crippen LogP contribution in [0.4, 0.5) is 0 Å².